The number of hydrazone groups is 1. The zero-order chi connectivity index (χ0) is 17.1. The molecule has 0 radical (unpaired) electrons. The zero-order valence-corrected chi connectivity index (χ0v) is 14.6. The molecule has 0 aromatic heterocycles. The second-order valence-corrected chi connectivity index (χ2v) is 6.83. The van der Waals surface area contributed by atoms with Crippen LogP contribution in [0, 0.1) is 0 Å². The molecule has 3 rings (SSSR count). The summed E-state index contributed by atoms with van der Waals surface area (Å²) in [5.41, 5.74) is 5.41. The second kappa shape index (κ2) is 7.30. The predicted molar refractivity (Wildman–Crippen MR) is 97.8 cm³/mol. The molecule has 0 aliphatic carbocycles. The molecule has 1 N–H and O–H groups in total. The number of nitrogens with one attached hydrogen (secondary N) is 1. The van der Waals surface area contributed by atoms with Gasteiger partial charge in [0, 0.05) is 26.8 Å². The summed E-state index contributed by atoms with van der Waals surface area (Å²) >= 11 is 14.1. The Hall–Kier alpha value is -1.95. The van der Waals surface area contributed by atoms with E-state index in [4.69, 9.17) is 23.2 Å². The summed E-state index contributed by atoms with van der Waals surface area (Å²) in [5, 5.41) is 16.1. The number of fused-ring (bicyclic) bond motifs is 1. The summed E-state index contributed by atoms with van der Waals surface area (Å²) in [4.78, 5) is 11.8. The van der Waals surface area contributed by atoms with Crippen molar-refractivity contribution in [3.05, 3.63) is 64.2 Å². The SMILES string of the molecule is O=C([O-])c1ccc(N/N=C\C2=C(Cl)c3cc(Cl)ccc3SC2)cc1. The van der Waals surface area contributed by atoms with Crippen LogP contribution in [0.4, 0.5) is 5.69 Å². The molecule has 0 unspecified atom stereocenters. The molecule has 1 heterocycles. The van der Waals surface area contributed by atoms with E-state index < -0.39 is 5.97 Å². The van der Waals surface area contributed by atoms with E-state index in [2.05, 4.69) is 10.5 Å². The van der Waals surface area contributed by atoms with Crippen molar-refractivity contribution in [2.24, 2.45) is 5.10 Å². The lowest BCUT2D eigenvalue weighted by Gasteiger charge is -2.17. The first-order valence-corrected chi connectivity index (χ1v) is 8.70. The Morgan fingerprint density at radius 1 is 1.21 bits per heavy atom. The Labute approximate surface area is 153 Å². The molecule has 24 heavy (non-hydrogen) atoms. The average molecular weight is 378 g/mol. The van der Waals surface area contributed by atoms with Crippen molar-refractivity contribution in [2.75, 3.05) is 11.2 Å². The molecule has 0 saturated carbocycles. The van der Waals surface area contributed by atoms with Gasteiger partial charge in [-0.05, 0) is 35.9 Å². The van der Waals surface area contributed by atoms with Crippen LogP contribution >= 0.6 is 35.0 Å². The highest BCUT2D eigenvalue weighted by Crippen LogP contribution is 2.39. The number of nitrogens with zero attached hydrogens (tertiary/aromatic N) is 1. The van der Waals surface area contributed by atoms with Gasteiger partial charge >= 0.3 is 0 Å². The lowest BCUT2D eigenvalue weighted by molar-refractivity contribution is -0.255. The summed E-state index contributed by atoms with van der Waals surface area (Å²) in [6, 6.07) is 11.8. The number of aromatic carboxylic acids is 1. The Kier molecular flexibility index (Phi) is 5.14. The van der Waals surface area contributed by atoms with E-state index in [0.29, 0.717) is 21.5 Å². The number of carboxylic acid groups (broad SMARTS) is 1. The van der Waals surface area contributed by atoms with Crippen LogP contribution in [0.3, 0.4) is 0 Å². The number of thioether (sulfide) groups is 1. The van der Waals surface area contributed by atoms with Gasteiger partial charge in [0.1, 0.15) is 0 Å². The van der Waals surface area contributed by atoms with E-state index in [-0.39, 0.29) is 5.56 Å². The number of rotatable bonds is 4. The number of benzene rings is 2. The summed E-state index contributed by atoms with van der Waals surface area (Å²) < 4.78 is 0. The quantitative estimate of drug-likeness (QED) is 0.648. The monoisotopic (exact) mass is 377 g/mol. The van der Waals surface area contributed by atoms with E-state index in [1.165, 1.54) is 12.1 Å². The third-order valence-electron chi connectivity index (χ3n) is 3.38. The van der Waals surface area contributed by atoms with Crippen LogP contribution in [0.15, 0.2) is 58.0 Å². The lowest BCUT2D eigenvalue weighted by Crippen LogP contribution is -2.21. The minimum atomic E-state index is -1.21. The molecule has 7 heteroatoms. The highest BCUT2D eigenvalue weighted by atomic mass is 35.5. The van der Waals surface area contributed by atoms with Crippen LogP contribution in [0.25, 0.3) is 5.03 Å². The van der Waals surface area contributed by atoms with Crippen molar-refractivity contribution in [1.29, 1.82) is 0 Å². The van der Waals surface area contributed by atoms with E-state index in [1.54, 1.807) is 30.1 Å². The summed E-state index contributed by atoms with van der Waals surface area (Å²) in [6.45, 7) is 0. The van der Waals surface area contributed by atoms with Crippen molar-refractivity contribution in [3.8, 4) is 0 Å². The third-order valence-corrected chi connectivity index (χ3v) is 5.18. The molecule has 4 nitrogen and oxygen atoms in total. The summed E-state index contributed by atoms with van der Waals surface area (Å²) in [7, 11) is 0. The van der Waals surface area contributed by atoms with Crippen molar-refractivity contribution in [3.63, 3.8) is 0 Å². The van der Waals surface area contributed by atoms with Gasteiger partial charge in [0.25, 0.3) is 0 Å². The van der Waals surface area contributed by atoms with Crippen LogP contribution in [0.5, 0.6) is 0 Å². The first-order valence-electron chi connectivity index (χ1n) is 6.96. The minimum absolute atomic E-state index is 0.118. The number of hydrogen-bond donors (Lipinski definition) is 1. The molecule has 122 valence electrons. The number of carboxylic acids is 1. The molecule has 1 aliphatic rings. The smallest absolute Gasteiger partial charge is 0.0715 e. The Balaban J connectivity index is 1.74. The number of halogens is 2. The standard InChI is InChI=1S/C17H12Cl2N2O2S/c18-12-3-6-15-14(7-12)16(19)11(9-24-15)8-20-21-13-4-1-10(2-5-13)17(22)23/h1-8,21H,9H2,(H,22,23)/p-1/b20-8-. The maximum Gasteiger partial charge on any atom is 0.0715 e. The van der Waals surface area contributed by atoms with Crippen molar-refractivity contribution in [2.45, 2.75) is 4.90 Å². The Morgan fingerprint density at radius 3 is 2.67 bits per heavy atom. The van der Waals surface area contributed by atoms with E-state index in [0.717, 1.165) is 16.0 Å². The van der Waals surface area contributed by atoms with Gasteiger partial charge in [-0.2, -0.15) is 5.10 Å². The fourth-order valence-corrected chi connectivity index (χ4v) is 3.74. The number of carbonyl (C=O) groups is 1. The minimum Gasteiger partial charge on any atom is -0.545 e. The highest BCUT2D eigenvalue weighted by Gasteiger charge is 2.17. The molecule has 0 amide bonds. The van der Waals surface area contributed by atoms with Gasteiger partial charge in [-0.1, -0.05) is 35.3 Å². The fourth-order valence-electron chi connectivity index (χ4n) is 2.15. The van der Waals surface area contributed by atoms with E-state index in [9.17, 15) is 9.90 Å². The van der Waals surface area contributed by atoms with E-state index >= 15 is 0 Å². The normalized spacial score (nSPS) is 13.9. The topological polar surface area (TPSA) is 64.5 Å². The molecule has 1 aliphatic heterocycles. The number of carbonyl (C=O) groups excluding carboxylic acids is 1. The van der Waals surface area contributed by atoms with Gasteiger partial charge in [-0.3, -0.25) is 5.43 Å². The summed E-state index contributed by atoms with van der Waals surface area (Å²) in [6.07, 6.45) is 1.66. The molecule has 2 aromatic rings. The maximum atomic E-state index is 10.7. The summed E-state index contributed by atoms with van der Waals surface area (Å²) in [5.74, 6) is -0.499. The van der Waals surface area contributed by atoms with Crippen molar-refractivity contribution in [1.82, 2.24) is 0 Å². The van der Waals surface area contributed by atoms with Crippen molar-refractivity contribution >= 4 is 57.9 Å². The van der Waals surface area contributed by atoms with Gasteiger partial charge in [0.2, 0.25) is 0 Å². The average Bonchev–Trinajstić information content (AvgIpc) is 2.58. The largest absolute Gasteiger partial charge is 0.545 e. The van der Waals surface area contributed by atoms with Crippen LogP contribution in [0.1, 0.15) is 15.9 Å². The third kappa shape index (κ3) is 3.75. The molecular weight excluding hydrogens is 367 g/mol. The van der Waals surface area contributed by atoms with Crippen LogP contribution < -0.4 is 10.5 Å². The van der Waals surface area contributed by atoms with Crippen LogP contribution in [0.2, 0.25) is 5.02 Å². The predicted octanol–water partition coefficient (Wildman–Crippen LogP) is 3.86. The first-order chi connectivity index (χ1) is 11.5. The number of anilines is 1. The number of hydrogen-bond acceptors (Lipinski definition) is 5. The molecule has 0 saturated heterocycles. The van der Waals surface area contributed by atoms with Crippen LogP contribution in [-0.4, -0.2) is 17.9 Å². The van der Waals surface area contributed by atoms with Gasteiger partial charge in [-0.25, -0.2) is 0 Å². The molecule has 0 spiro atoms. The Bertz CT molecular complexity index is 848. The van der Waals surface area contributed by atoms with Gasteiger partial charge in [0.05, 0.1) is 22.9 Å². The highest BCUT2D eigenvalue weighted by molar-refractivity contribution is 7.99. The second-order valence-electron chi connectivity index (χ2n) is 5.00. The molecule has 2 aromatic carbocycles. The Morgan fingerprint density at radius 2 is 1.96 bits per heavy atom. The lowest BCUT2D eigenvalue weighted by atomic mass is 10.1. The molecule has 0 bridgehead atoms. The van der Waals surface area contributed by atoms with Crippen molar-refractivity contribution < 1.29 is 9.90 Å². The van der Waals surface area contributed by atoms with Gasteiger partial charge in [-0.15, -0.1) is 11.8 Å². The molecule has 0 atom stereocenters. The first kappa shape index (κ1) is 16.9. The van der Waals surface area contributed by atoms with Gasteiger partial charge in [0.15, 0.2) is 0 Å². The molecule has 0 fully saturated rings. The maximum absolute atomic E-state index is 10.7. The van der Waals surface area contributed by atoms with Crippen LogP contribution in [-0.2, 0) is 0 Å². The zero-order valence-electron chi connectivity index (χ0n) is 12.3. The fraction of sp³-hybridized carbons (Fsp3) is 0.0588. The van der Waals surface area contributed by atoms with Gasteiger partial charge < -0.3 is 9.90 Å². The van der Waals surface area contributed by atoms with E-state index in [1.807, 2.05) is 18.2 Å². The molecular formula is C17H11Cl2N2O2S-.